The summed E-state index contributed by atoms with van der Waals surface area (Å²) in [5, 5.41) is 14.9. The van der Waals surface area contributed by atoms with Gasteiger partial charge in [-0.05, 0) is 70.4 Å². The van der Waals surface area contributed by atoms with Crippen LogP contribution in [0.3, 0.4) is 0 Å². The van der Waals surface area contributed by atoms with Crippen LogP contribution in [0.2, 0.25) is 0 Å². The molecule has 6 heteroatoms. The average molecular weight is 468 g/mol. The maximum atomic E-state index is 10.3. The molecule has 3 rings (SSSR count). The highest BCUT2D eigenvalue weighted by Crippen LogP contribution is 2.28. The maximum absolute atomic E-state index is 10.3. The Bertz CT molecular complexity index is 864. The third kappa shape index (κ3) is 4.44. The summed E-state index contributed by atoms with van der Waals surface area (Å²) in [5.74, 6) is 0.759. The Balaban J connectivity index is 1.54. The summed E-state index contributed by atoms with van der Waals surface area (Å²) in [6.07, 6.45) is 2.39. The quantitative estimate of drug-likeness (QED) is 0.446. The molecule has 0 saturated carbocycles. The van der Waals surface area contributed by atoms with E-state index in [1.165, 1.54) is 10.9 Å². The lowest BCUT2D eigenvalue weighted by molar-refractivity contribution is 0.175. The average Bonchev–Trinajstić information content (AvgIpc) is 3.00. The lowest BCUT2D eigenvalue weighted by Crippen LogP contribution is -2.23. The van der Waals surface area contributed by atoms with Crippen LogP contribution in [0, 0.1) is 0 Å². The number of hydrogen-bond acceptors (Lipinski definition) is 3. The van der Waals surface area contributed by atoms with Crippen LogP contribution < -0.4 is 10.1 Å². The van der Waals surface area contributed by atoms with Gasteiger partial charge in [0.15, 0.2) is 0 Å². The van der Waals surface area contributed by atoms with E-state index in [1.807, 2.05) is 24.3 Å². The molecule has 1 unspecified atom stereocenters. The first-order valence-corrected chi connectivity index (χ1v) is 9.65. The monoisotopic (exact) mass is 466 g/mol. The molecule has 1 aromatic heterocycles. The molecule has 0 aliphatic rings. The van der Waals surface area contributed by atoms with Gasteiger partial charge >= 0.3 is 0 Å². The SMILES string of the molecule is COc1ccc(C(O)CNCCc2c[nH]c3ccc(Br)cc23)cc1Br. The van der Waals surface area contributed by atoms with Gasteiger partial charge in [-0.25, -0.2) is 0 Å². The number of aromatic nitrogens is 1. The van der Waals surface area contributed by atoms with Gasteiger partial charge in [-0.1, -0.05) is 22.0 Å². The van der Waals surface area contributed by atoms with Gasteiger partial charge in [0.2, 0.25) is 0 Å². The molecule has 3 N–H and O–H groups in total. The number of hydrogen-bond donors (Lipinski definition) is 3. The summed E-state index contributed by atoms with van der Waals surface area (Å²) in [4.78, 5) is 3.29. The van der Waals surface area contributed by atoms with Crippen LogP contribution in [0.5, 0.6) is 5.75 Å². The van der Waals surface area contributed by atoms with Crippen molar-refractivity contribution in [3.05, 3.63) is 62.7 Å². The third-order valence-electron chi connectivity index (χ3n) is 4.20. The number of H-pyrrole nitrogens is 1. The molecular weight excluding hydrogens is 448 g/mol. The van der Waals surface area contributed by atoms with Crippen molar-refractivity contribution in [2.24, 2.45) is 0 Å². The molecule has 0 radical (unpaired) electrons. The number of benzene rings is 2. The van der Waals surface area contributed by atoms with Crippen molar-refractivity contribution in [2.45, 2.75) is 12.5 Å². The molecule has 1 atom stereocenters. The second-order valence-electron chi connectivity index (χ2n) is 5.87. The van der Waals surface area contributed by atoms with Gasteiger partial charge in [-0.2, -0.15) is 0 Å². The van der Waals surface area contributed by atoms with Crippen LogP contribution in [-0.2, 0) is 6.42 Å². The number of methoxy groups -OCH3 is 1. The smallest absolute Gasteiger partial charge is 0.133 e. The Hall–Kier alpha value is -1.34. The molecule has 0 aliphatic heterocycles. The number of aliphatic hydroxyl groups is 1. The summed E-state index contributed by atoms with van der Waals surface area (Å²) < 4.78 is 7.13. The first kappa shape index (κ1) is 18.5. The zero-order chi connectivity index (χ0) is 17.8. The van der Waals surface area contributed by atoms with Crippen molar-refractivity contribution in [1.29, 1.82) is 0 Å². The van der Waals surface area contributed by atoms with Crippen LogP contribution >= 0.6 is 31.9 Å². The lowest BCUT2D eigenvalue weighted by atomic mass is 10.1. The molecular formula is C19H20Br2N2O2. The van der Waals surface area contributed by atoms with E-state index in [2.05, 4.69) is 60.5 Å². The van der Waals surface area contributed by atoms with E-state index < -0.39 is 6.10 Å². The molecule has 0 amide bonds. The van der Waals surface area contributed by atoms with Crippen molar-refractivity contribution in [1.82, 2.24) is 10.3 Å². The van der Waals surface area contributed by atoms with E-state index in [1.54, 1.807) is 7.11 Å². The molecule has 0 aliphatic carbocycles. The molecule has 132 valence electrons. The summed E-state index contributed by atoms with van der Waals surface area (Å²) in [7, 11) is 1.63. The van der Waals surface area contributed by atoms with Crippen LogP contribution in [0.15, 0.2) is 51.5 Å². The van der Waals surface area contributed by atoms with Gasteiger partial charge in [0.05, 0.1) is 17.7 Å². The second kappa shape index (κ2) is 8.36. The van der Waals surface area contributed by atoms with Crippen LogP contribution in [0.25, 0.3) is 10.9 Å². The van der Waals surface area contributed by atoms with Gasteiger partial charge < -0.3 is 20.1 Å². The predicted molar refractivity (Wildman–Crippen MR) is 108 cm³/mol. The Morgan fingerprint density at radius 3 is 2.80 bits per heavy atom. The zero-order valence-corrected chi connectivity index (χ0v) is 17.0. The minimum absolute atomic E-state index is 0.505. The molecule has 1 heterocycles. The van der Waals surface area contributed by atoms with E-state index in [0.717, 1.165) is 38.7 Å². The molecule has 0 saturated heterocycles. The molecule has 3 aromatic rings. The fourth-order valence-electron chi connectivity index (χ4n) is 2.83. The lowest BCUT2D eigenvalue weighted by Gasteiger charge is -2.13. The van der Waals surface area contributed by atoms with Gasteiger partial charge in [0.25, 0.3) is 0 Å². The third-order valence-corrected chi connectivity index (χ3v) is 5.31. The highest BCUT2D eigenvalue weighted by Gasteiger charge is 2.10. The minimum Gasteiger partial charge on any atom is -0.496 e. The summed E-state index contributed by atoms with van der Waals surface area (Å²) >= 11 is 6.97. The van der Waals surface area contributed by atoms with Crippen molar-refractivity contribution in [3.8, 4) is 5.75 Å². The zero-order valence-electron chi connectivity index (χ0n) is 13.9. The number of ether oxygens (including phenoxy) is 1. The van der Waals surface area contributed by atoms with E-state index in [-0.39, 0.29) is 0 Å². The topological polar surface area (TPSA) is 57.3 Å². The molecule has 4 nitrogen and oxygen atoms in total. The van der Waals surface area contributed by atoms with Crippen molar-refractivity contribution < 1.29 is 9.84 Å². The van der Waals surface area contributed by atoms with Gasteiger partial charge in [0.1, 0.15) is 5.75 Å². The van der Waals surface area contributed by atoms with Crippen molar-refractivity contribution in [2.75, 3.05) is 20.2 Å². The molecule has 2 aromatic carbocycles. The highest BCUT2D eigenvalue weighted by atomic mass is 79.9. The van der Waals surface area contributed by atoms with Crippen LogP contribution in [0.1, 0.15) is 17.2 Å². The number of rotatable bonds is 7. The Kier molecular flexibility index (Phi) is 6.17. The predicted octanol–water partition coefficient (Wildman–Crippen LogP) is 4.57. The molecule has 0 bridgehead atoms. The molecule has 0 spiro atoms. The fraction of sp³-hybridized carbons (Fsp3) is 0.263. The summed E-state index contributed by atoms with van der Waals surface area (Å²) in [6.45, 7) is 1.30. The standard InChI is InChI=1S/C19H20Br2N2O2/c1-25-19-5-2-12(8-16(19)21)18(24)11-22-7-6-13-10-23-17-4-3-14(20)9-15(13)17/h2-5,8-10,18,22-24H,6-7,11H2,1H3. The number of fused-ring (bicyclic) bond motifs is 1. The van der Waals surface area contributed by atoms with Gasteiger partial charge in [-0.15, -0.1) is 0 Å². The minimum atomic E-state index is -0.556. The highest BCUT2D eigenvalue weighted by molar-refractivity contribution is 9.10. The first-order chi connectivity index (χ1) is 12.1. The van der Waals surface area contributed by atoms with Crippen LogP contribution in [0.4, 0.5) is 0 Å². The fourth-order valence-corrected chi connectivity index (χ4v) is 3.75. The molecule has 0 fully saturated rings. The Labute approximate surface area is 163 Å². The van der Waals surface area contributed by atoms with Crippen molar-refractivity contribution in [3.63, 3.8) is 0 Å². The summed E-state index contributed by atoms with van der Waals surface area (Å²) in [6, 6.07) is 11.9. The van der Waals surface area contributed by atoms with E-state index in [9.17, 15) is 5.11 Å². The number of nitrogens with one attached hydrogen (secondary N) is 2. The molecule has 25 heavy (non-hydrogen) atoms. The van der Waals surface area contributed by atoms with Gasteiger partial charge in [0, 0.05) is 28.1 Å². The first-order valence-electron chi connectivity index (χ1n) is 8.06. The Morgan fingerprint density at radius 2 is 2.04 bits per heavy atom. The normalized spacial score (nSPS) is 12.5. The van der Waals surface area contributed by atoms with Crippen molar-refractivity contribution >= 4 is 42.8 Å². The van der Waals surface area contributed by atoms with Crippen LogP contribution in [-0.4, -0.2) is 30.3 Å². The van der Waals surface area contributed by atoms with E-state index >= 15 is 0 Å². The second-order valence-corrected chi connectivity index (χ2v) is 7.64. The number of aliphatic hydroxyl groups excluding tert-OH is 1. The van der Waals surface area contributed by atoms with E-state index in [0.29, 0.717) is 6.54 Å². The largest absolute Gasteiger partial charge is 0.496 e. The summed E-state index contributed by atoms with van der Waals surface area (Å²) in [5.41, 5.74) is 3.27. The maximum Gasteiger partial charge on any atom is 0.133 e. The van der Waals surface area contributed by atoms with E-state index in [4.69, 9.17) is 4.74 Å². The number of halogens is 2. The van der Waals surface area contributed by atoms with Gasteiger partial charge in [-0.3, -0.25) is 0 Å². The Morgan fingerprint density at radius 1 is 1.20 bits per heavy atom. The number of aromatic amines is 1.